The Morgan fingerprint density at radius 3 is 2.89 bits per heavy atom. The number of rotatable bonds is 6. The number of hydrogen-bond acceptors (Lipinski definition) is 2. The molecule has 1 aliphatic heterocycles. The molecular formula is C17H25NS. The smallest absolute Gasteiger partial charge is 0.0107 e. The Balaban J connectivity index is 2.05. The van der Waals surface area contributed by atoms with E-state index in [2.05, 4.69) is 63.0 Å². The minimum atomic E-state index is 0.174. The van der Waals surface area contributed by atoms with Crippen molar-refractivity contribution in [1.82, 2.24) is 5.32 Å². The fourth-order valence-electron chi connectivity index (χ4n) is 2.63. The highest BCUT2D eigenvalue weighted by Crippen LogP contribution is 2.44. The lowest BCUT2D eigenvalue weighted by molar-refractivity contribution is 0.331. The quantitative estimate of drug-likeness (QED) is 0.769. The van der Waals surface area contributed by atoms with Crippen molar-refractivity contribution in [1.29, 1.82) is 0 Å². The van der Waals surface area contributed by atoms with Crippen molar-refractivity contribution in [3.8, 4) is 0 Å². The lowest BCUT2D eigenvalue weighted by Gasteiger charge is -2.30. The van der Waals surface area contributed by atoms with E-state index in [9.17, 15) is 0 Å². The van der Waals surface area contributed by atoms with E-state index >= 15 is 0 Å². The summed E-state index contributed by atoms with van der Waals surface area (Å²) in [5.74, 6) is 1.88. The maximum atomic E-state index is 4.06. The van der Waals surface area contributed by atoms with Crippen LogP contribution in [0, 0.1) is 5.41 Å². The monoisotopic (exact) mass is 275 g/mol. The average molecular weight is 275 g/mol. The van der Waals surface area contributed by atoms with Crippen LogP contribution < -0.4 is 5.32 Å². The number of nitrogens with one attached hydrogen (secondary N) is 1. The van der Waals surface area contributed by atoms with Crippen LogP contribution in [0.3, 0.4) is 0 Å². The van der Waals surface area contributed by atoms with Gasteiger partial charge >= 0.3 is 0 Å². The molecule has 0 saturated heterocycles. The van der Waals surface area contributed by atoms with Crippen molar-refractivity contribution in [2.75, 3.05) is 12.3 Å². The van der Waals surface area contributed by atoms with Crippen LogP contribution in [-0.2, 0) is 0 Å². The van der Waals surface area contributed by atoms with Crippen molar-refractivity contribution < 1.29 is 0 Å². The molecule has 0 fully saturated rings. The third-order valence-corrected chi connectivity index (χ3v) is 5.17. The van der Waals surface area contributed by atoms with Gasteiger partial charge in [0, 0.05) is 23.2 Å². The van der Waals surface area contributed by atoms with Gasteiger partial charge in [-0.2, -0.15) is 0 Å². The van der Waals surface area contributed by atoms with Crippen LogP contribution in [0.25, 0.3) is 0 Å². The minimum absolute atomic E-state index is 0.174. The summed E-state index contributed by atoms with van der Waals surface area (Å²) in [5, 5.41) is 3.56. The first kappa shape index (κ1) is 14.7. The molecule has 0 bridgehead atoms. The normalized spacial score (nSPS) is 21.2. The number of hydrogen-bond donors (Lipinski definition) is 1. The molecule has 0 aliphatic carbocycles. The lowest BCUT2D eigenvalue weighted by atomic mass is 9.79. The Bertz CT molecular complexity index is 441. The van der Waals surface area contributed by atoms with Gasteiger partial charge in [-0.25, -0.2) is 0 Å². The van der Waals surface area contributed by atoms with Crippen molar-refractivity contribution >= 4 is 11.8 Å². The highest BCUT2D eigenvalue weighted by atomic mass is 32.2. The number of benzene rings is 1. The Morgan fingerprint density at radius 2 is 2.21 bits per heavy atom. The predicted molar refractivity (Wildman–Crippen MR) is 86.0 cm³/mol. The molecule has 0 radical (unpaired) electrons. The first-order valence-electron chi connectivity index (χ1n) is 7.13. The van der Waals surface area contributed by atoms with E-state index in [0.29, 0.717) is 12.0 Å². The highest BCUT2D eigenvalue weighted by Gasteiger charge is 2.30. The van der Waals surface area contributed by atoms with Gasteiger partial charge in [0.2, 0.25) is 0 Å². The summed E-state index contributed by atoms with van der Waals surface area (Å²) in [6, 6.07) is 9.37. The van der Waals surface area contributed by atoms with E-state index in [1.54, 1.807) is 0 Å². The largest absolute Gasteiger partial charge is 0.314 e. The second kappa shape index (κ2) is 6.15. The molecule has 1 nitrogen and oxygen atoms in total. The number of thioether (sulfide) groups is 1. The molecule has 1 aliphatic rings. The molecule has 1 N–H and O–H groups in total. The van der Waals surface area contributed by atoms with Crippen molar-refractivity contribution in [3.05, 3.63) is 42.5 Å². The molecule has 2 unspecified atom stereocenters. The molecule has 104 valence electrons. The lowest BCUT2D eigenvalue weighted by Crippen LogP contribution is -2.35. The topological polar surface area (TPSA) is 12.0 Å². The van der Waals surface area contributed by atoms with E-state index in [0.717, 1.165) is 6.54 Å². The Labute approximate surface area is 121 Å². The molecule has 2 rings (SSSR count). The molecule has 2 atom stereocenters. The van der Waals surface area contributed by atoms with Crippen molar-refractivity contribution in [2.45, 2.75) is 44.0 Å². The first-order chi connectivity index (χ1) is 9.04. The van der Waals surface area contributed by atoms with Crippen LogP contribution in [-0.4, -0.2) is 18.3 Å². The van der Waals surface area contributed by atoms with Gasteiger partial charge in [-0.05, 0) is 29.4 Å². The van der Waals surface area contributed by atoms with Gasteiger partial charge < -0.3 is 5.32 Å². The van der Waals surface area contributed by atoms with Crippen molar-refractivity contribution in [3.63, 3.8) is 0 Å². The third kappa shape index (κ3) is 3.64. The Morgan fingerprint density at radius 1 is 1.47 bits per heavy atom. The van der Waals surface area contributed by atoms with Gasteiger partial charge in [-0.15, -0.1) is 18.3 Å². The van der Waals surface area contributed by atoms with Crippen LogP contribution >= 0.6 is 11.8 Å². The van der Waals surface area contributed by atoms with Crippen LogP contribution in [0.1, 0.15) is 38.7 Å². The predicted octanol–water partition coefficient (Wildman–Crippen LogP) is 4.46. The maximum Gasteiger partial charge on any atom is 0.0107 e. The van der Waals surface area contributed by atoms with E-state index in [1.165, 1.54) is 22.6 Å². The summed E-state index contributed by atoms with van der Waals surface area (Å²) < 4.78 is 0. The second-order valence-electron chi connectivity index (χ2n) is 6.14. The van der Waals surface area contributed by atoms with E-state index in [1.807, 2.05) is 11.8 Å². The number of fused-ring (bicyclic) bond motifs is 1. The molecule has 1 heterocycles. The zero-order valence-corrected chi connectivity index (χ0v) is 13.1. The fraction of sp³-hybridized carbons (Fsp3) is 0.529. The third-order valence-electron chi connectivity index (χ3n) is 3.92. The zero-order valence-electron chi connectivity index (χ0n) is 12.3. The summed E-state index contributed by atoms with van der Waals surface area (Å²) in [5.41, 5.74) is 1.71. The molecular weight excluding hydrogens is 250 g/mol. The molecule has 19 heavy (non-hydrogen) atoms. The molecule has 0 spiro atoms. The second-order valence-corrected chi connectivity index (χ2v) is 7.21. The molecule has 0 amide bonds. The van der Waals surface area contributed by atoms with E-state index in [-0.39, 0.29) is 5.41 Å². The summed E-state index contributed by atoms with van der Waals surface area (Å²) in [4.78, 5) is 1.47. The Kier molecular flexibility index (Phi) is 4.75. The average Bonchev–Trinajstić information content (AvgIpc) is 2.80. The van der Waals surface area contributed by atoms with E-state index < -0.39 is 0 Å². The molecule has 0 aromatic heterocycles. The maximum absolute atomic E-state index is 4.06. The van der Waals surface area contributed by atoms with Crippen molar-refractivity contribution in [2.24, 2.45) is 5.41 Å². The van der Waals surface area contributed by atoms with Gasteiger partial charge in [0.15, 0.2) is 0 Å². The Hall–Kier alpha value is -0.730. The van der Waals surface area contributed by atoms with Gasteiger partial charge in [0.05, 0.1) is 0 Å². The van der Waals surface area contributed by atoms with E-state index in [4.69, 9.17) is 0 Å². The molecule has 2 heteroatoms. The van der Waals surface area contributed by atoms with Gasteiger partial charge in [-0.1, -0.05) is 45.0 Å². The van der Waals surface area contributed by atoms with Gasteiger partial charge in [0.25, 0.3) is 0 Å². The van der Waals surface area contributed by atoms with Crippen LogP contribution in [0.2, 0.25) is 0 Å². The zero-order chi connectivity index (χ0) is 13.9. The van der Waals surface area contributed by atoms with Gasteiger partial charge in [0.1, 0.15) is 0 Å². The van der Waals surface area contributed by atoms with Gasteiger partial charge in [-0.3, -0.25) is 0 Å². The van der Waals surface area contributed by atoms with Crippen LogP contribution in [0.15, 0.2) is 41.8 Å². The summed E-state index contributed by atoms with van der Waals surface area (Å²) in [7, 11) is 0. The first-order valence-corrected chi connectivity index (χ1v) is 8.11. The SMILES string of the molecule is C=CC(C)(CNC(C)C)CC1CSc2ccccc21. The summed E-state index contributed by atoms with van der Waals surface area (Å²) >= 11 is 2.00. The minimum Gasteiger partial charge on any atom is -0.314 e. The summed E-state index contributed by atoms with van der Waals surface area (Å²) in [6.45, 7) is 11.8. The van der Waals surface area contributed by atoms with Crippen LogP contribution in [0.4, 0.5) is 0 Å². The molecule has 0 saturated carbocycles. The molecule has 1 aromatic rings. The standard InChI is InChI=1S/C17H25NS/c1-5-17(4,12-18-13(2)3)10-14-11-19-16-9-7-6-8-15(14)16/h5-9,13-14,18H,1,10-12H2,2-4H3. The fourth-order valence-corrected chi connectivity index (χ4v) is 3.88. The highest BCUT2D eigenvalue weighted by molar-refractivity contribution is 7.99. The van der Waals surface area contributed by atoms with Crippen LogP contribution in [0.5, 0.6) is 0 Å². The summed E-state index contributed by atoms with van der Waals surface area (Å²) in [6.07, 6.45) is 3.31. The molecule has 1 aromatic carbocycles.